The molecule has 0 aliphatic rings. The summed E-state index contributed by atoms with van der Waals surface area (Å²) in [6, 6.07) is 12.7. The lowest BCUT2D eigenvalue weighted by Crippen LogP contribution is -2.27. The third-order valence-electron chi connectivity index (χ3n) is 4.77. The lowest BCUT2D eigenvalue weighted by atomic mass is 10.00. The van der Waals surface area contributed by atoms with Crippen LogP contribution in [0.15, 0.2) is 59.5 Å². The third kappa shape index (κ3) is 3.77. The number of anilines is 1. The van der Waals surface area contributed by atoms with Gasteiger partial charge in [-0.05, 0) is 49.7 Å². The standard InChI is InChI=1S/C21H19ClN2O4/c1-12(14-6-8-15(22)9-7-14)19(25)23-18-5-3-4-17-16(18)10-11-24(20(17)26)13(2)21(27)28/h3-13H,1-2H3,(H,23,25)(H,27,28)/t12-,13+/m0/s1. The van der Waals surface area contributed by atoms with Crippen LogP contribution < -0.4 is 10.9 Å². The molecule has 0 spiro atoms. The number of aliphatic carboxylic acids is 1. The van der Waals surface area contributed by atoms with Crippen molar-refractivity contribution >= 4 is 39.9 Å². The first-order valence-electron chi connectivity index (χ1n) is 8.72. The Balaban J connectivity index is 1.94. The van der Waals surface area contributed by atoms with Gasteiger partial charge in [-0.15, -0.1) is 0 Å². The number of carbonyl (C=O) groups excluding carboxylic acids is 1. The van der Waals surface area contributed by atoms with E-state index in [9.17, 15) is 14.4 Å². The smallest absolute Gasteiger partial charge is 0.326 e. The number of hydrogen-bond donors (Lipinski definition) is 2. The predicted octanol–water partition coefficient (Wildman–Crippen LogP) is 4.04. The highest BCUT2D eigenvalue weighted by atomic mass is 35.5. The van der Waals surface area contributed by atoms with Crippen LogP contribution in [0.1, 0.15) is 31.4 Å². The average molecular weight is 399 g/mol. The zero-order chi connectivity index (χ0) is 20.4. The fourth-order valence-electron chi connectivity index (χ4n) is 2.97. The SMILES string of the molecule is C[C@H](C(=O)Nc1cccc2c(=O)n([C@H](C)C(=O)O)ccc12)c1ccc(Cl)cc1. The van der Waals surface area contributed by atoms with Crippen molar-refractivity contribution in [3.05, 3.63) is 75.7 Å². The number of nitrogens with one attached hydrogen (secondary N) is 1. The number of amides is 1. The molecule has 7 heteroatoms. The Bertz CT molecular complexity index is 1110. The summed E-state index contributed by atoms with van der Waals surface area (Å²) < 4.78 is 1.16. The normalized spacial score (nSPS) is 13.1. The Morgan fingerprint density at radius 3 is 2.36 bits per heavy atom. The van der Waals surface area contributed by atoms with Crippen molar-refractivity contribution in [2.75, 3.05) is 5.32 Å². The first-order chi connectivity index (χ1) is 13.3. The maximum absolute atomic E-state index is 12.7. The van der Waals surface area contributed by atoms with Crippen LogP contribution >= 0.6 is 11.6 Å². The van der Waals surface area contributed by atoms with Crippen LogP contribution in [0.2, 0.25) is 5.02 Å². The predicted molar refractivity (Wildman–Crippen MR) is 109 cm³/mol. The largest absolute Gasteiger partial charge is 0.480 e. The summed E-state index contributed by atoms with van der Waals surface area (Å²) in [6.07, 6.45) is 1.43. The minimum Gasteiger partial charge on any atom is -0.480 e. The number of carbonyl (C=O) groups is 2. The van der Waals surface area contributed by atoms with Gasteiger partial charge >= 0.3 is 5.97 Å². The third-order valence-corrected chi connectivity index (χ3v) is 5.02. The zero-order valence-electron chi connectivity index (χ0n) is 15.3. The summed E-state index contributed by atoms with van der Waals surface area (Å²) in [4.78, 5) is 36.6. The molecule has 0 aliphatic carbocycles. The van der Waals surface area contributed by atoms with Crippen LogP contribution in [0, 0.1) is 0 Å². The van der Waals surface area contributed by atoms with Crippen molar-refractivity contribution in [2.24, 2.45) is 0 Å². The van der Waals surface area contributed by atoms with Gasteiger partial charge in [0.2, 0.25) is 5.91 Å². The van der Waals surface area contributed by atoms with Crippen LogP contribution in [0.5, 0.6) is 0 Å². The number of aromatic nitrogens is 1. The summed E-state index contributed by atoms with van der Waals surface area (Å²) >= 11 is 5.89. The van der Waals surface area contributed by atoms with E-state index in [0.29, 0.717) is 21.5 Å². The highest BCUT2D eigenvalue weighted by molar-refractivity contribution is 6.30. The minimum atomic E-state index is -1.09. The van der Waals surface area contributed by atoms with E-state index in [4.69, 9.17) is 16.7 Å². The molecule has 0 radical (unpaired) electrons. The molecule has 3 rings (SSSR count). The minimum absolute atomic E-state index is 0.224. The molecular formula is C21H19ClN2O4. The number of fused-ring (bicyclic) bond motifs is 1. The van der Waals surface area contributed by atoms with Gasteiger partial charge in [0.05, 0.1) is 5.92 Å². The van der Waals surface area contributed by atoms with Crippen LogP contribution in [0.25, 0.3) is 10.8 Å². The molecule has 0 fully saturated rings. The van der Waals surface area contributed by atoms with Gasteiger partial charge in [0.15, 0.2) is 0 Å². The number of benzene rings is 2. The average Bonchev–Trinajstić information content (AvgIpc) is 2.68. The Hall–Kier alpha value is -3.12. The highest BCUT2D eigenvalue weighted by Gasteiger charge is 2.19. The molecule has 1 aromatic heterocycles. The molecule has 0 saturated heterocycles. The first-order valence-corrected chi connectivity index (χ1v) is 9.10. The lowest BCUT2D eigenvalue weighted by molar-refractivity contribution is -0.140. The molecule has 144 valence electrons. The Morgan fingerprint density at radius 2 is 1.71 bits per heavy atom. The first kappa shape index (κ1) is 19.6. The van der Waals surface area contributed by atoms with E-state index < -0.39 is 23.5 Å². The quantitative estimate of drug-likeness (QED) is 0.678. The van der Waals surface area contributed by atoms with E-state index in [1.807, 2.05) is 0 Å². The molecule has 2 N–H and O–H groups in total. The van der Waals surface area contributed by atoms with Crippen LogP contribution in [-0.4, -0.2) is 21.6 Å². The summed E-state index contributed by atoms with van der Waals surface area (Å²) in [5.74, 6) is -1.74. The Morgan fingerprint density at radius 1 is 1.04 bits per heavy atom. The van der Waals surface area contributed by atoms with Crippen molar-refractivity contribution in [1.29, 1.82) is 0 Å². The Kier molecular flexibility index (Phi) is 5.51. The number of pyridine rings is 1. The van der Waals surface area contributed by atoms with Gasteiger partial charge in [-0.3, -0.25) is 9.59 Å². The molecule has 1 amide bonds. The summed E-state index contributed by atoms with van der Waals surface area (Å²) in [5, 5.41) is 13.5. The van der Waals surface area contributed by atoms with E-state index in [2.05, 4.69) is 5.32 Å². The molecule has 1 heterocycles. The Labute approximate surface area is 166 Å². The molecule has 0 unspecified atom stereocenters. The number of hydrogen-bond acceptors (Lipinski definition) is 3. The van der Waals surface area contributed by atoms with Gasteiger partial charge in [0.25, 0.3) is 5.56 Å². The summed E-state index contributed by atoms with van der Waals surface area (Å²) in [5.41, 5.74) is 0.893. The maximum atomic E-state index is 12.7. The van der Waals surface area contributed by atoms with Crippen LogP contribution in [0.3, 0.4) is 0 Å². The van der Waals surface area contributed by atoms with Gasteiger partial charge in [-0.1, -0.05) is 29.8 Å². The van der Waals surface area contributed by atoms with E-state index in [-0.39, 0.29) is 5.91 Å². The van der Waals surface area contributed by atoms with Crippen LogP contribution in [0.4, 0.5) is 5.69 Å². The number of halogens is 1. The van der Waals surface area contributed by atoms with Crippen molar-refractivity contribution in [3.8, 4) is 0 Å². The fraction of sp³-hybridized carbons (Fsp3) is 0.190. The number of nitrogens with zero attached hydrogens (tertiary/aromatic N) is 1. The molecule has 3 aromatic rings. The topological polar surface area (TPSA) is 88.4 Å². The van der Waals surface area contributed by atoms with E-state index in [0.717, 1.165) is 10.1 Å². The van der Waals surface area contributed by atoms with Gasteiger partial charge in [0, 0.05) is 27.7 Å². The second-order valence-corrected chi connectivity index (χ2v) is 7.01. The molecule has 2 aromatic carbocycles. The second kappa shape index (κ2) is 7.86. The molecule has 2 atom stereocenters. The maximum Gasteiger partial charge on any atom is 0.326 e. The molecule has 28 heavy (non-hydrogen) atoms. The summed E-state index contributed by atoms with van der Waals surface area (Å²) in [6.45, 7) is 3.22. The number of carboxylic acid groups (broad SMARTS) is 1. The monoisotopic (exact) mass is 398 g/mol. The number of rotatable bonds is 5. The van der Waals surface area contributed by atoms with Crippen LogP contribution in [-0.2, 0) is 9.59 Å². The summed E-state index contributed by atoms with van der Waals surface area (Å²) in [7, 11) is 0. The second-order valence-electron chi connectivity index (χ2n) is 6.57. The molecule has 0 bridgehead atoms. The molecule has 0 aliphatic heterocycles. The fourth-order valence-corrected chi connectivity index (χ4v) is 3.10. The molecular weight excluding hydrogens is 380 g/mol. The van der Waals surface area contributed by atoms with Crippen molar-refractivity contribution in [2.45, 2.75) is 25.8 Å². The van der Waals surface area contributed by atoms with E-state index >= 15 is 0 Å². The van der Waals surface area contributed by atoms with Gasteiger partial charge in [0.1, 0.15) is 6.04 Å². The molecule has 0 saturated carbocycles. The van der Waals surface area contributed by atoms with Crippen molar-refractivity contribution < 1.29 is 14.7 Å². The lowest BCUT2D eigenvalue weighted by Gasteiger charge is -2.16. The highest BCUT2D eigenvalue weighted by Crippen LogP contribution is 2.24. The van der Waals surface area contributed by atoms with Crippen molar-refractivity contribution in [1.82, 2.24) is 4.57 Å². The van der Waals surface area contributed by atoms with E-state index in [1.54, 1.807) is 55.5 Å². The number of carboxylic acids is 1. The van der Waals surface area contributed by atoms with E-state index in [1.165, 1.54) is 13.1 Å². The van der Waals surface area contributed by atoms with Gasteiger partial charge in [-0.25, -0.2) is 4.79 Å². The molecule has 6 nitrogen and oxygen atoms in total. The van der Waals surface area contributed by atoms with Gasteiger partial charge < -0.3 is 15.0 Å². The zero-order valence-corrected chi connectivity index (χ0v) is 16.1. The van der Waals surface area contributed by atoms with Gasteiger partial charge in [-0.2, -0.15) is 0 Å². The van der Waals surface area contributed by atoms with Crippen molar-refractivity contribution in [3.63, 3.8) is 0 Å².